The molecule has 2 aliphatic heterocycles. The van der Waals surface area contributed by atoms with Gasteiger partial charge in [-0.3, -0.25) is 4.79 Å². The molecule has 2 saturated heterocycles. The molecule has 0 aromatic heterocycles. The molecule has 2 heterocycles. The predicted octanol–water partition coefficient (Wildman–Crippen LogP) is 3.22. The Bertz CT molecular complexity index is 827. The third kappa shape index (κ3) is 4.82. The van der Waals surface area contributed by atoms with Gasteiger partial charge in [0.2, 0.25) is 0 Å². The lowest BCUT2D eigenvalue weighted by molar-refractivity contribution is 0.0677. The second-order valence-electron chi connectivity index (χ2n) is 7.45. The summed E-state index contributed by atoms with van der Waals surface area (Å²) in [5, 5.41) is 0. The van der Waals surface area contributed by atoms with Crippen LogP contribution in [0.25, 0.3) is 0 Å². The minimum Gasteiger partial charge on any atom is -0.497 e. The van der Waals surface area contributed by atoms with Crippen molar-refractivity contribution in [3.8, 4) is 11.5 Å². The van der Waals surface area contributed by atoms with Gasteiger partial charge in [-0.25, -0.2) is 0 Å². The number of hydrogen-bond acceptors (Lipinski definition) is 5. The highest BCUT2D eigenvalue weighted by Crippen LogP contribution is 2.23. The van der Waals surface area contributed by atoms with Crippen LogP contribution in [0.2, 0.25) is 0 Å². The van der Waals surface area contributed by atoms with E-state index in [2.05, 4.69) is 11.0 Å². The summed E-state index contributed by atoms with van der Waals surface area (Å²) in [6.07, 6.45) is 2.30. The summed E-state index contributed by atoms with van der Waals surface area (Å²) in [7, 11) is 1.67. The van der Waals surface area contributed by atoms with E-state index in [4.69, 9.17) is 14.2 Å². The minimum atomic E-state index is 0.0536. The van der Waals surface area contributed by atoms with Crippen molar-refractivity contribution in [1.29, 1.82) is 0 Å². The molecule has 2 fully saturated rings. The van der Waals surface area contributed by atoms with Crippen molar-refractivity contribution >= 4 is 11.6 Å². The van der Waals surface area contributed by atoms with Crippen LogP contribution in [0.4, 0.5) is 5.69 Å². The van der Waals surface area contributed by atoms with E-state index in [0.717, 1.165) is 49.7 Å². The Morgan fingerprint density at radius 1 is 1.07 bits per heavy atom. The van der Waals surface area contributed by atoms with Crippen LogP contribution in [-0.2, 0) is 4.74 Å². The number of piperazine rings is 1. The van der Waals surface area contributed by atoms with E-state index in [-0.39, 0.29) is 12.0 Å². The lowest BCUT2D eigenvalue weighted by Crippen LogP contribution is -2.48. The van der Waals surface area contributed by atoms with Crippen LogP contribution < -0.4 is 14.4 Å². The number of methoxy groups -OCH3 is 1. The Labute approximate surface area is 172 Å². The first-order valence-electron chi connectivity index (χ1n) is 10.3. The number of amides is 1. The van der Waals surface area contributed by atoms with E-state index >= 15 is 0 Å². The molecular formula is C23H28N2O4. The zero-order valence-electron chi connectivity index (χ0n) is 16.9. The highest BCUT2D eigenvalue weighted by molar-refractivity contribution is 5.94. The molecular weight excluding hydrogens is 368 g/mol. The largest absolute Gasteiger partial charge is 0.497 e. The number of hydrogen-bond donors (Lipinski definition) is 0. The van der Waals surface area contributed by atoms with Gasteiger partial charge in [0.1, 0.15) is 18.1 Å². The fourth-order valence-electron chi connectivity index (χ4n) is 3.84. The Kier molecular flexibility index (Phi) is 6.20. The number of nitrogens with zero attached hydrogens (tertiary/aromatic N) is 2. The average Bonchev–Trinajstić information content (AvgIpc) is 3.31. The maximum Gasteiger partial charge on any atom is 0.254 e. The molecule has 2 aliphatic rings. The number of carbonyl (C=O) groups excluding carboxylic acids is 1. The van der Waals surface area contributed by atoms with Crippen LogP contribution in [0.5, 0.6) is 11.5 Å². The highest BCUT2D eigenvalue weighted by atomic mass is 16.5. The summed E-state index contributed by atoms with van der Waals surface area (Å²) < 4.78 is 16.8. The monoisotopic (exact) mass is 396 g/mol. The number of rotatable bonds is 6. The van der Waals surface area contributed by atoms with Crippen molar-refractivity contribution in [3.63, 3.8) is 0 Å². The Balaban J connectivity index is 1.33. The van der Waals surface area contributed by atoms with Gasteiger partial charge in [0.25, 0.3) is 5.91 Å². The summed E-state index contributed by atoms with van der Waals surface area (Å²) in [5.41, 5.74) is 1.80. The molecule has 4 rings (SSSR count). The summed E-state index contributed by atoms with van der Waals surface area (Å²) in [4.78, 5) is 17.2. The molecule has 1 atom stereocenters. The Hall–Kier alpha value is -2.73. The maximum absolute atomic E-state index is 13.0. The Morgan fingerprint density at radius 3 is 2.62 bits per heavy atom. The molecule has 1 amide bonds. The van der Waals surface area contributed by atoms with E-state index < -0.39 is 0 Å². The summed E-state index contributed by atoms with van der Waals surface area (Å²) in [6.45, 7) is 4.33. The topological polar surface area (TPSA) is 51.2 Å². The fourth-order valence-corrected chi connectivity index (χ4v) is 3.84. The molecule has 0 saturated carbocycles. The normalized spacial score (nSPS) is 19.3. The summed E-state index contributed by atoms with van der Waals surface area (Å²) in [6, 6.07) is 15.5. The second kappa shape index (κ2) is 9.18. The summed E-state index contributed by atoms with van der Waals surface area (Å²) in [5.74, 6) is 1.63. The first-order valence-corrected chi connectivity index (χ1v) is 10.3. The number of carbonyl (C=O) groups is 1. The first-order chi connectivity index (χ1) is 14.2. The van der Waals surface area contributed by atoms with Crippen molar-refractivity contribution in [2.75, 3.05) is 51.4 Å². The van der Waals surface area contributed by atoms with Gasteiger partial charge in [0.15, 0.2) is 0 Å². The van der Waals surface area contributed by atoms with Crippen LogP contribution in [0.15, 0.2) is 48.5 Å². The van der Waals surface area contributed by atoms with Crippen LogP contribution in [0.3, 0.4) is 0 Å². The molecule has 154 valence electrons. The van der Waals surface area contributed by atoms with Crippen LogP contribution in [-0.4, -0.2) is 63.4 Å². The lowest BCUT2D eigenvalue weighted by atomic mass is 10.1. The van der Waals surface area contributed by atoms with Gasteiger partial charge in [0, 0.05) is 50.1 Å². The van der Waals surface area contributed by atoms with Crippen LogP contribution >= 0.6 is 0 Å². The zero-order chi connectivity index (χ0) is 20.1. The van der Waals surface area contributed by atoms with Gasteiger partial charge in [-0.15, -0.1) is 0 Å². The van der Waals surface area contributed by atoms with E-state index in [1.807, 2.05) is 47.4 Å². The molecule has 29 heavy (non-hydrogen) atoms. The van der Waals surface area contributed by atoms with Crippen molar-refractivity contribution in [2.24, 2.45) is 0 Å². The van der Waals surface area contributed by atoms with Gasteiger partial charge >= 0.3 is 0 Å². The van der Waals surface area contributed by atoms with Gasteiger partial charge in [-0.2, -0.15) is 0 Å². The quantitative estimate of drug-likeness (QED) is 0.751. The molecule has 6 heteroatoms. The molecule has 0 spiro atoms. The number of ether oxygens (including phenoxy) is 3. The van der Waals surface area contributed by atoms with Crippen LogP contribution in [0, 0.1) is 0 Å². The zero-order valence-corrected chi connectivity index (χ0v) is 16.9. The van der Waals surface area contributed by atoms with Gasteiger partial charge in [-0.1, -0.05) is 12.1 Å². The van der Waals surface area contributed by atoms with Crippen molar-refractivity contribution in [1.82, 2.24) is 4.90 Å². The molecule has 0 radical (unpaired) electrons. The fraction of sp³-hybridized carbons (Fsp3) is 0.435. The number of anilines is 1. The van der Waals surface area contributed by atoms with Crippen molar-refractivity contribution < 1.29 is 19.0 Å². The molecule has 2 aromatic rings. The molecule has 1 unspecified atom stereocenters. The van der Waals surface area contributed by atoms with E-state index in [1.165, 1.54) is 0 Å². The van der Waals surface area contributed by atoms with E-state index in [9.17, 15) is 4.79 Å². The van der Waals surface area contributed by atoms with Gasteiger partial charge < -0.3 is 24.0 Å². The number of benzene rings is 2. The van der Waals surface area contributed by atoms with E-state index in [1.54, 1.807) is 7.11 Å². The van der Waals surface area contributed by atoms with Gasteiger partial charge in [-0.05, 0) is 43.2 Å². The molecule has 0 aliphatic carbocycles. The average molecular weight is 396 g/mol. The minimum absolute atomic E-state index is 0.0536. The predicted molar refractivity (Wildman–Crippen MR) is 112 cm³/mol. The lowest BCUT2D eigenvalue weighted by Gasteiger charge is -2.36. The van der Waals surface area contributed by atoms with Gasteiger partial charge in [0.05, 0.1) is 13.2 Å². The SMILES string of the molecule is COc1cccc(N2CCN(C(=O)c3cccc(OCC4CCCO4)c3)CC2)c1. The first kappa shape index (κ1) is 19.6. The third-order valence-electron chi connectivity index (χ3n) is 5.53. The smallest absolute Gasteiger partial charge is 0.254 e. The molecule has 0 bridgehead atoms. The molecule has 2 aromatic carbocycles. The maximum atomic E-state index is 13.0. The van der Waals surface area contributed by atoms with Crippen molar-refractivity contribution in [3.05, 3.63) is 54.1 Å². The Morgan fingerprint density at radius 2 is 1.86 bits per heavy atom. The molecule has 0 N–H and O–H groups in total. The highest BCUT2D eigenvalue weighted by Gasteiger charge is 2.23. The second-order valence-corrected chi connectivity index (χ2v) is 7.45. The van der Waals surface area contributed by atoms with E-state index in [0.29, 0.717) is 25.3 Å². The van der Waals surface area contributed by atoms with Crippen LogP contribution in [0.1, 0.15) is 23.2 Å². The van der Waals surface area contributed by atoms with Crippen molar-refractivity contribution in [2.45, 2.75) is 18.9 Å². The molecule has 6 nitrogen and oxygen atoms in total. The standard InChI is InChI=1S/C23H28N2O4/c1-27-20-7-3-6-19(16-20)24-10-12-25(13-11-24)23(26)18-5-2-8-21(15-18)29-17-22-9-4-14-28-22/h2-3,5-8,15-16,22H,4,9-14,17H2,1H3. The summed E-state index contributed by atoms with van der Waals surface area (Å²) >= 11 is 0. The third-order valence-corrected chi connectivity index (χ3v) is 5.53.